The Labute approximate surface area is 98.2 Å². The zero-order chi connectivity index (χ0) is 10.9. The molecule has 2 nitrogen and oxygen atoms in total. The van der Waals surface area contributed by atoms with Gasteiger partial charge in [0, 0.05) is 17.5 Å². The van der Waals surface area contributed by atoms with Crippen molar-refractivity contribution in [3.8, 4) is 0 Å². The molecule has 1 aliphatic carbocycles. The Morgan fingerprint density at radius 2 is 2.07 bits per heavy atom. The molecule has 0 aromatic rings. The highest BCUT2D eigenvalue weighted by Crippen LogP contribution is 2.28. The summed E-state index contributed by atoms with van der Waals surface area (Å²) in [5, 5.41) is 13.8. The third-order valence-corrected chi connectivity index (χ3v) is 4.40. The highest BCUT2D eigenvalue weighted by molar-refractivity contribution is 7.99. The first-order valence-electron chi connectivity index (χ1n) is 6.33. The lowest BCUT2D eigenvalue weighted by Gasteiger charge is -2.22. The minimum absolute atomic E-state index is 0.163. The normalized spacial score (nSPS) is 20.4. The van der Waals surface area contributed by atoms with Gasteiger partial charge >= 0.3 is 0 Å². The van der Waals surface area contributed by atoms with E-state index in [2.05, 4.69) is 12.2 Å². The van der Waals surface area contributed by atoms with Crippen molar-refractivity contribution in [2.24, 2.45) is 0 Å². The van der Waals surface area contributed by atoms with Crippen molar-refractivity contribution < 1.29 is 5.11 Å². The van der Waals surface area contributed by atoms with Gasteiger partial charge in [-0.1, -0.05) is 26.2 Å². The number of nitrogens with one attached hydrogen (secondary N) is 1. The van der Waals surface area contributed by atoms with Gasteiger partial charge in [0.05, 0.1) is 6.10 Å². The van der Waals surface area contributed by atoms with Gasteiger partial charge in [0.2, 0.25) is 0 Å². The van der Waals surface area contributed by atoms with Gasteiger partial charge in [-0.05, 0) is 25.8 Å². The molecule has 0 amide bonds. The summed E-state index contributed by atoms with van der Waals surface area (Å²) in [5.74, 6) is 0.904. The molecular formula is C12H25NOS. The molecule has 0 radical (unpaired) electrons. The van der Waals surface area contributed by atoms with Gasteiger partial charge in [0.15, 0.2) is 0 Å². The second kappa shape index (κ2) is 8.43. The Bertz CT molecular complexity index is 149. The molecule has 3 heteroatoms. The zero-order valence-corrected chi connectivity index (χ0v) is 10.7. The predicted molar refractivity (Wildman–Crippen MR) is 68.5 cm³/mol. The van der Waals surface area contributed by atoms with Crippen LogP contribution in [-0.2, 0) is 0 Å². The minimum Gasteiger partial charge on any atom is -0.391 e. The number of rotatable bonds is 7. The standard InChI is InChI=1S/C12H25NOS/c1-2-8-13-9-11(14)10-15-12-6-4-3-5-7-12/h11-14H,2-10H2,1H3. The summed E-state index contributed by atoms with van der Waals surface area (Å²) in [6, 6.07) is 0. The van der Waals surface area contributed by atoms with Crippen LogP contribution in [-0.4, -0.2) is 35.3 Å². The molecule has 2 N–H and O–H groups in total. The Kier molecular flexibility index (Phi) is 7.49. The van der Waals surface area contributed by atoms with Crippen LogP contribution in [0.3, 0.4) is 0 Å². The average molecular weight is 231 g/mol. The highest BCUT2D eigenvalue weighted by atomic mass is 32.2. The van der Waals surface area contributed by atoms with Gasteiger partial charge in [0.25, 0.3) is 0 Å². The molecule has 0 spiro atoms. The molecule has 0 aromatic carbocycles. The maximum absolute atomic E-state index is 9.72. The van der Waals surface area contributed by atoms with Crippen LogP contribution in [0.25, 0.3) is 0 Å². The third-order valence-electron chi connectivity index (χ3n) is 2.88. The van der Waals surface area contributed by atoms with Crippen LogP contribution >= 0.6 is 11.8 Å². The largest absolute Gasteiger partial charge is 0.391 e. The Hall–Kier alpha value is 0.270. The van der Waals surface area contributed by atoms with Gasteiger partial charge in [-0.25, -0.2) is 0 Å². The smallest absolute Gasteiger partial charge is 0.0754 e. The van der Waals surface area contributed by atoms with E-state index in [0.29, 0.717) is 0 Å². The van der Waals surface area contributed by atoms with Crippen LogP contribution in [0.5, 0.6) is 0 Å². The average Bonchev–Trinajstić information content (AvgIpc) is 2.28. The van der Waals surface area contributed by atoms with Crippen molar-refractivity contribution in [1.29, 1.82) is 0 Å². The number of thioether (sulfide) groups is 1. The second-order valence-corrected chi connectivity index (χ2v) is 5.78. The van der Waals surface area contributed by atoms with Crippen LogP contribution in [0, 0.1) is 0 Å². The number of aliphatic hydroxyl groups is 1. The van der Waals surface area contributed by atoms with E-state index in [-0.39, 0.29) is 6.10 Å². The summed E-state index contributed by atoms with van der Waals surface area (Å²) < 4.78 is 0. The van der Waals surface area contributed by atoms with E-state index < -0.39 is 0 Å². The number of aliphatic hydroxyl groups excluding tert-OH is 1. The SMILES string of the molecule is CCCNCC(O)CSC1CCCCC1. The van der Waals surface area contributed by atoms with E-state index in [1.807, 2.05) is 11.8 Å². The summed E-state index contributed by atoms with van der Waals surface area (Å²) in [5.41, 5.74) is 0. The van der Waals surface area contributed by atoms with Crippen molar-refractivity contribution >= 4 is 11.8 Å². The summed E-state index contributed by atoms with van der Waals surface area (Å²) in [7, 11) is 0. The van der Waals surface area contributed by atoms with Crippen molar-refractivity contribution in [1.82, 2.24) is 5.32 Å². The fourth-order valence-electron chi connectivity index (χ4n) is 1.98. The fourth-order valence-corrected chi connectivity index (χ4v) is 3.26. The van der Waals surface area contributed by atoms with Gasteiger partial charge in [-0.15, -0.1) is 0 Å². The third kappa shape index (κ3) is 6.44. The van der Waals surface area contributed by atoms with E-state index in [4.69, 9.17) is 0 Å². The van der Waals surface area contributed by atoms with E-state index >= 15 is 0 Å². The monoisotopic (exact) mass is 231 g/mol. The van der Waals surface area contributed by atoms with Crippen LogP contribution in [0.1, 0.15) is 45.4 Å². The summed E-state index contributed by atoms with van der Waals surface area (Å²) >= 11 is 1.97. The first kappa shape index (κ1) is 13.3. The molecule has 1 saturated carbocycles. The molecule has 1 rings (SSSR count). The van der Waals surface area contributed by atoms with Gasteiger partial charge in [-0.2, -0.15) is 11.8 Å². The van der Waals surface area contributed by atoms with Crippen LogP contribution < -0.4 is 5.32 Å². The second-order valence-electron chi connectivity index (χ2n) is 4.45. The van der Waals surface area contributed by atoms with Gasteiger partial charge in [0.1, 0.15) is 0 Å². The fraction of sp³-hybridized carbons (Fsp3) is 1.00. The molecule has 0 aliphatic heterocycles. The predicted octanol–water partition coefficient (Wildman–Crippen LogP) is 2.41. The highest BCUT2D eigenvalue weighted by Gasteiger charge is 2.15. The van der Waals surface area contributed by atoms with E-state index in [1.165, 1.54) is 32.1 Å². The molecule has 0 aromatic heterocycles. The molecule has 0 saturated heterocycles. The lowest BCUT2D eigenvalue weighted by atomic mass is 10.0. The molecule has 1 atom stereocenters. The first-order valence-corrected chi connectivity index (χ1v) is 7.38. The maximum atomic E-state index is 9.72. The molecule has 1 aliphatic rings. The van der Waals surface area contributed by atoms with Gasteiger partial charge < -0.3 is 10.4 Å². The van der Waals surface area contributed by atoms with E-state index in [9.17, 15) is 5.11 Å². The van der Waals surface area contributed by atoms with Crippen molar-refractivity contribution in [3.05, 3.63) is 0 Å². The quantitative estimate of drug-likeness (QED) is 0.660. The number of hydrogen-bond donors (Lipinski definition) is 2. The Morgan fingerprint density at radius 1 is 1.33 bits per heavy atom. The summed E-state index contributed by atoms with van der Waals surface area (Å²) in [4.78, 5) is 0. The summed E-state index contributed by atoms with van der Waals surface area (Å²) in [6.07, 6.45) is 7.90. The van der Waals surface area contributed by atoms with Gasteiger partial charge in [-0.3, -0.25) is 0 Å². The zero-order valence-electron chi connectivity index (χ0n) is 9.87. The topological polar surface area (TPSA) is 32.3 Å². The van der Waals surface area contributed by atoms with Crippen molar-refractivity contribution in [2.45, 2.75) is 56.8 Å². The van der Waals surface area contributed by atoms with Crippen LogP contribution in [0.15, 0.2) is 0 Å². The Balaban J connectivity index is 1.97. The molecule has 90 valence electrons. The van der Waals surface area contributed by atoms with Crippen molar-refractivity contribution in [3.63, 3.8) is 0 Å². The van der Waals surface area contributed by atoms with E-state index in [1.54, 1.807) is 0 Å². The lowest BCUT2D eigenvalue weighted by Crippen LogP contribution is -2.29. The Morgan fingerprint density at radius 3 is 2.73 bits per heavy atom. The molecule has 1 fully saturated rings. The maximum Gasteiger partial charge on any atom is 0.0754 e. The molecule has 15 heavy (non-hydrogen) atoms. The molecule has 0 heterocycles. The molecule has 0 bridgehead atoms. The first-order chi connectivity index (χ1) is 7.33. The minimum atomic E-state index is -0.163. The summed E-state index contributed by atoms with van der Waals surface area (Å²) in [6.45, 7) is 3.93. The lowest BCUT2D eigenvalue weighted by molar-refractivity contribution is 0.196. The van der Waals surface area contributed by atoms with E-state index in [0.717, 1.165) is 30.5 Å². The van der Waals surface area contributed by atoms with Crippen LogP contribution in [0.2, 0.25) is 0 Å². The van der Waals surface area contributed by atoms with Crippen LogP contribution in [0.4, 0.5) is 0 Å². The molecule has 1 unspecified atom stereocenters. The number of hydrogen-bond acceptors (Lipinski definition) is 3. The molecular weight excluding hydrogens is 206 g/mol. The van der Waals surface area contributed by atoms with Crippen molar-refractivity contribution in [2.75, 3.05) is 18.8 Å².